The van der Waals surface area contributed by atoms with E-state index in [1.54, 1.807) is 25.3 Å². The number of nitrogens with zero attached hydrogens (tertiary/aromatic N) is 2. The molecule has 20 heavy (non-hydrogen) atoms. The Morgan fingerprint density at radius 3 is 2.80 bits per heavy atom. The number of methoxy groups -OCH3 is 1. The Kier molecular flexibility index (Phi) is 2.99. The molecule has 1 aromatic heterocycles. The van der Waals surface area contributed by atoms with Crippen molar-refractivity contribution < 1.29 is 9.13 Å². The second-order valence-electron chi connectivity index (χ2n) is 4.26. The molecular weight excluding hydrogens is 281 g/mol. The molecular formula is C14H11ClFN3O. The molecule has 1 heterocycles. The van der Waals surface area contributed by atoms with E-state index in [4.69, 9.17) is 22.1 Å². The lowest BCUT2D eigenvalue weighted by Gasteiger charge is -2.09. The summed E-state index contributed by atoms with van der Waals surface area (Å²) in [4.78, 5) is 4.21. The molecule has 4 nitrogen and oxygen atoms in total. The predicted octanol–water partition coefficient (Wildman–Crippen LogP) is 3.41. The second-order valence-corrected chi connectivity index (χ2v) is 4.69. The van der Waals surface area contributed by atoms with E-state index < -0.39 is 5.82 Å². The van der Waals surface area contributed by atoms with Crippen LogP contribution in [0.4, 0.5) is 10.3 Å². The molecule has 0 saturated heterocycles. The summed E-state index contributed by atoms with van der Waals surface area (Å²) in [5, 5.41) is 0.422. The molecule has 0 aliphatic heterocycles. The van der Waals surface area contributed by atoms with E-state index >= 15 is 0 Å². The van der Waals surface area contributed by atoms with Crippen molar-refractivity contribution in [1.82, 2.24) is 9.55 Å². The molecule has 0 saturated carbocycles. The maximum atomic E-state index is 14.0. The minimum atomic E-state index is -0.428. The summed E-state index contributed by atoms with van der Waals surface area (Å²) >= 11 is 5.93. The highest BCUT2D eigenvalue weighted by molar-refractivity contribution is 6.30. The third-order valence-corrected chi connectivity index (χ3v) is 3.27. The lowest BCUT2D eigenvalue weighted by molar-refractivity contribution is 0.415. The van der Waals surface area contributed by atoms with E-state index in [0.717, 1.165) is 0 Å². The Morgan fingerprint density at radius 1 is 1.25 bits per heavy atom. The van der Waals surface area contributed by atoms with Gasteiger partial charge in [-0.3, -0.25) is 4.57 Å². The number of hydrogen-bond donors (Lipinski definition) is 1. The third kappa shape index (κ3) is 1.96. The van der Waals surface area contributed by atoms with Gasteiger partial charge in [-0.15, -0.1) is 0 Å². The monoisotopic (exact) mass is 291 g/mol. The van der Waals surface area contributed by atoms with Crippen molar-refractivity contribution in [3.05, 3.63) is 47.2 Å². The minimum absolute atomic E-state index is 0.189. The largest absolute Gasteiger partial charge is 0.497 e. The van der Waals surface area contributed by atoms with Gasteiger partial charge in [-0.2, -0.15) is 0 Å². The number of halogens is 2. The molecule has 0 aliphatic carbocycles. The molecule has 0 spiro atoms. The standard InChI is InChI=1S/C14H11ClFN3O/c1-20-9-3-5-11-13(7-9)19(14(17)18-11)12-6-8(15)2-4-10(12)16/h2-7H,1H3,(H2,17,18). The maximum Gasteiger partial charge on any atom is 0.206 e. The van der Waals surface area contributed by atoms with Gasteiger partial charge in [0, 0.05) is 11.1 Å². The van der Waals surface area contributed by atoms with Gasteiger partial charge in [0.25, 0.3) is 0 Å². The van der Waals surface area contributed by atoms with Gasteiger partial charge < -0.3 is 10.5 Å². The second kappa shape index (κ2) is 4.68. The fourth-order valence-electron chi connectivity index (χ4n) is 2.11. The van der Waals surface area contributed by atoms with Gasteiger partial charge in [-0.1, -0.05) is 11.6 Å². The minimum Gasteiger partial charge on any atom is -0.497 e. The van der Waals surface area contributed by atoms with Crippen molar-refractivity contribution in [2.75, 3.05) is 12.8 Å². The van der Waals surface area contributed by atoms with Crippen LogP contribution in [0.5, 0.6) is 5.75 Å². The lowest BCUT2D eigenvalue weighted by Crippen LogP contribution is -2.03. The van der Waals surface area contributed by atoms with E-state index in [1.807, 2.05) is 0 Å². The molecule has 3 rings (SSSR count). The highest BCUT2D eigenvalue weighted by Crippen LogP contribution is 2.29. The smallest absolute Gasteiger partial charge is 0.206 e. The topological polar surface area (TPSA) is 53.1 Å². The average molecular weight is 292 g/mol. The van der Waals surface area contributed by atoms with Crippen molar-refractivity contribution in [2.24, 2.45) is 0 Å². The van der Waals surface area contributed by atoms with Gasteiger partial charge in [0.2, 0.25) is 5.95 Å². The molecule has 2 N–H and O–H groups in total. The zero-order valence-electron chi connectivity index (χ0n) is 10.6. The van der Waals surface area contributed by atoms with Gasteiger partial charge in [0.05, 0.1) is 23.8 Å². The SMILES string of the molecule is COc1ccc2nc(N)n(-c3cc(Cl)ccc3F)c2c1. The summed E-state index contributed by atoms with van der Waals surface area (Å²) < 4.78 is 20.7. The van der Waals surface area contributed by atoms with Crippen LogP contribution in [0.2, 0.25) is 5.02 Å². The number of anilines is 1. The lowest BCUT2D eigenvalue weighted by atomic mass is 10.2. The summed E-state index contributed by atoms with van der Waals surface area (Å²) in [5.41, 5.74) is 7.46. The van der Waals surface area contributed by atoms with Crippen LogP contribution >= 0.6 is 11.6 Å². The van der Waals surface area contributed by atoms with E-state index in [9.17, 15) is 4.39 Å². The van der Waals surface area contributed by atoms with Crippen LogP contribution in [0.25, 0.3) is 16.7 Å². The fraction of sp³-hybridized carbons (Fsp3) is 0.0714. The molecule has 6 heteroatoms. The summed E-state index contributed by atoms with van der Waals surface area (Å²) in [6, 6.07) is 9.57. The quantitative estimate of drug-likeness (QED) is 0.787. The van der Waals surface area contributed by atoms with Gasteiger partial charge >= 0.3 is 0 Å². The first kappa shape index (κ1) is 12.7. The molecule has 102 valence electrons. The number of hydrogen-bond acceptors (Lipinski definition) is 3. The Hall–Kier alpha value is -2.27. The summed E-state index contributed by atoms with van der Waals surface area (Å²) in [6.07, 6.45) is 0. The number of ether oxygens (including phenoxy) is 1. The zero-order chi connectivity index (χ0) is 14.3. The van der Waals surface area contributed by atoms with Crippen LogP contribution in [0, 0.1) is 5.82 Å². The Bertz CT molecular complexity index is 800. The highest BCUT2D eigenvalue weighted by atomic mass is 35.5. The van der Waals surface area contributed by atoms with Gasteiger partial charge in [0.1, 0.15) is 11.6 Å². The normalized spacial score (nSPS) is 10.9. The number of rotatable bonds is 2. The van der Waals surface area contributed by atoms with Crippen molar-refractivity contribution in [3.63, 3.8) is 0 Å². The summed E-state index contributed by atoms with van der Waals surface area (Å²) in [7, 11) is 1.56. The van der Waals surface area contributed by atoms with Crippen molar-refractivity contribution in [3.8, 4) is 11.4 Å². The van der Waals surface area contributed by atoms with Crippen LogP contribution in [-0.2, 0) is 0 Å². The Morgan fingerprint density at radius 2 is 2.05 bits per heavy atom. The van der Waals surface area contributed by atoms with Crippen LogP contribution in [0.1, 0.15) is 0 Å². The molecule has 0 atom stereocenters. The fourth-order valence-corrected chi connectivity index (χ4v) is 2.28. The zero-order valence-corrected chi connectivity index (χ0v) is 11.4. The van der Waals surface area contributed by atoms with Gasteiger partial charge in [-0.05, 0) is 30.3 Å². The highest BCUT2D eigenvalue weighted by Gasteiger charge is 2.14. The van der Waals surface area contributed by atoms with Crippen molar-refractivity contribution in [1.29, 1.82) is 0 Å². The first-order valence-electron chi connectivity index (χ1n) is 5.87. The number of imidazole rings is 1. The van der Waals surface area contributed by atoms with E-state index in [2.05, 4.69) is 4.98 Å². The number of benzene rings is 2. The molecule has 0 amide bonds. The molecule has 0 fully saturated rings. The number of aromatic nitrogens is 2. The molecule has 0 unspecified atom stereocenters. The van der Waals surface area contributed by atoms with Crippen LogP contribution in [0.15, 0.2) is 36.4 Å². The average Bonchev–Trinajstić information content (AvgIpc) is 2.76. The molecule has 0 aliphatic rings. The summed E-state index contributed by atoms with van der Waals surface area (Å²) in [6.45, 7) is 0. The molecule has 0 bridgehead atoms. The van der Waals surface area contributed by atoms with Gasteiger partial charge in [-0.25, -0.2) is 9.37 Å². The van der Waals surface area contributed by atoms with Gasteiger partial charge in [0.15, 0.2) is 0 Å². The maximum absolute atomic E-state index is 14.0. The van der Waals surface area contributed by atoms with Crippen LogP contribution in [-0.4, -0.2) is 16.7 Å². The summed E-state index contributed by atoms with van der Waals surface area (Å²) in [5.74, 6) is 0.402. The van der Waals surface area contributed by atoms with Crippen LogP contribution < -0.4 is 10.5 Å². The predicted molar refractivity (Wildman–Crippen MR) is 77.0 cm³/mol. The number of nitrogen functional groups attached to an aromatic ring is 1. The van der Waals surface area contributed by atoms with E-state index in [1.165, 1.54) is 22.8 Å². The number of nitrogens with two attached hydrogens (primary N) is 1. The molecule has 2 aromatic carbocycles. The third-order valence-electron chi connectivity index (χ3n) is 3.04. The van der Waals surface area contributed by atoms with E-state index in [-0.39, 0.29) is 11.6 Å². The van der Waals surface area contributed by atoms with Crippen molar-refractivity contribution in [2.45, 2.75) is 0 Å². The first-order valence-corrected chi connectivity index (χ1v) is 6.25. The molecule has 3 aromatic rings. The van der Waals surface area contributed by atoms with Crippen molar-refractivity contribution >= 4 is 28.6 Å². The number of fused-ring (bicyclic) bond motifs is 1. The Balaban J connectivity index is 2.34. The Labute approximate surface area is 119 Å². The molecule has 0 radical (unpaired) electrons. The van der Waals surface area contributed by atoms with E-state index in [0.29, 0.717) is 21.8 Å². The first-order chi connectivity index (χ1) is 9.60. The van der Waals surface area contributed by atoms with Crippen LogP contribution in [0.3, 0.4) is 0 Å².